The molecule has 24 heavy (non-hydrogen) atoms. The van der Waals surface area contributed by atoms with Gasteiger partial charge in [-0.3, -0.25) is 0 Å². The molecule has 0 radical (unpaired) electrons. The predicted octanol–water partition coefficient (Wildman–Crippen LogP) is 4.90. The number of para-hydroxylation sites is 1. The van der Waals surface area contributed by atoms with E-state index in [-0.39, 0.29) is 17.3 Å². The summed E-state index contributed by atoms with van der Waals surface area (Å²) in [5.41, 5.74) is 1.01. The van der Waals surface area contributed by atoms with E-state index in [1.54, 1.807) is 0 Å². The number of hydrogen-bond acceptors (Lipinski definition) is 3. The molecule has 0 saturated carbocycles. The molecule has 2 aromatic carbocycles. The van der Waals surface area contributed by atoms with Crippen LogP contribution in [0, 0.1) is 0 Å². The van der Waals surface area contributed by atoms with Gasteiger partial charge in [0, 0.05) is 16.5 Å². The minimum absolute atomic E-state index is 0.106. The van der Waals surface area contributed by atoms with Gasteiger partial charge in [-0.1, -0.05) is 35.5 Å². The molecule has 0 aliphatic heterocycles. The van der Waals surface area contributed by atoms with E-state index in [1.807, 2.05) is 30.3 Å². The number of halogens is 3. The number of H-pyrrole nitrogens is 1. The zero-order chi connectivity index (χ0) is 16.7. The van der Waals surface area contributed by atoms with Crippen molar-refractivity contribution in [2.75, 3.05) is 0 Å². The van der Waals surface area contributed by atoms with Crippen LogP contribution in [0.15, 0.2) is 59.1 Å². The third kappa shape index (κ3) is 2.54. The van der Waals surface area contributed by atoms with Gasteiger partial charge < -0.3 is 9.51 Å². The lowest BCUT2D eigenvalue weighted by atomic mass is 10.1. The zero-order valence-electron chi connectivity index (χ0n) is 12.1. The summed E-state index contributed by atoms with van der Waals surface area (Å²) in [6.07, 6.45) is -4.42. The number of hydrogen-bond donors (Lipinski definition) is 1. The maximum atomic E-state index is 12.8. The topological polar surface area (TPSA) is 54.7 Å². The molecule has 0 aliphatic rings. The third-order valence-corrected chi connectivity index (χ3v) is 3.63. The highest BCUT2D eigenvalue weighted by Gasteiger charge is 2.30. The Hall–Kier alpha value is -3.09. The molecule has 2 aromatic heterocycles. The van der Waals surface area contributed by atoms with Crippen LogP contribution in [-0.2, 0) is 6.18 Å². The van der Waals surface area contributed by atoms with E-state index in [0.717, 1.165) is 23.0 Å². The molecule has 120 valence electrons. The molecule has 4 rings (SSSR count). The fourth-order valence-electron chi connectivity index (χ4n) is 2.47. The molecule has 0 saturated heterocycles. The molecule has 2 heterocycles. The summed E-state index contributed by atoms with van der Waals surface area (Å²) >= 11 is 0. The van der Waals surface area contributed by atoms with Crippen LogP contribution in [-0.4, -0.2) is 15.1 Å². The van der Waals surface area contributed by atoms with Gasteiger partial charge in [-0.25, -0.2) is 0 Å². The van der Waals surface area contributed by atoms with E-state index >= 15 is 0 Å². The number of alkyl halides is 3. The number of aromatic amines is 1. The van der Waals surface area contributed by atoms with Crippen LogP contribution in [0.3, 0.4) is 0 Å². The fourth-order valence-corrected chi connectivity index (χ4v) is 2.47. The summed E-state index contributed by atoms with van der Waals surface area (Å²) in [6.45, 7) is 0. The molecule has 7 heteroatoms. The number of fused-ring (bicyclic) bond motifs is 1. The Labute approximate surface area is 133 Å². The number of aromatic nitrogens is 3. The Balaban J connectivity index is 1.72. The zero-order valence-corrected chi connectivity index (χ0v) is 12.1. The van der Waals surface area contributed by atoms with E-state index in [9.17, 15) is 13.2 Å². The van der Waals surface area contributed by atoms with Crippen molar-refractivity contribution in [2.45, 2.75) is 6.18 Å². The van der Waals surface area contributed by atoms with E-state index in [1.165, 1.54) is 12.1 Å². The lowest BCUT2D eigenvalue weighted by Crippen LogP contribution is -2.04. The first-order chi connectivity index (χ1) is 11.5. The van der Waals surface area contributed by atoms with Gasteiger partial charge in [-0.2, -0.15) is 18.2 Å². The minimum atomic E-state index is -4.42. The van der Waals surface area contributed by atoms with Crippen molar-refractivity contribution in [3.05, 3.63) is 60.2 Å². The summed E-state index contributed by atoms with van der Waals surface area (Å²) in [4.78, 5) is 7.33. The van der Waals surface area contributed by atoms with Crippen molar-refractivity contribution in [3.8, 4) is 23.0 Å². The molecule has 0 fully saturated rings. The monoisotopic (exact) mass is 329 g/mol. The number of rotatable bonds is 2. The average Bonchev–Trinajstić information content (AvgIpc) is 3.21. The maximum absolute atomic E-state index is 12.8. The Morgan fingerprint density at radius 2 is 1.79 bits per heavy atom. The summed E-state index contributed by atoms with van der Waals surface area (Å²) in [5, 5.41) is 4.76. The van der Waals surface area contributed by atoms with Crippen molar-refractivity contribution >= 4 is 10.9 Å². The van der Waals surface area contributed by atoms with Crippen LogP contribution >= 0.6 is 0 Å². The highest BCUT2D eigenvalue weighted by Crippen LogP contribution is 2.32. The van der Waals surface area contributed by atoms with E-state index in [2.05, 4.69) is 15.1 Å². The Morgan fingerprint density at radius 3 is 2.58 bits per heavy atom. The second-order valence-electron chi connectivity index (χ2n) is 5.27. The maximum Gasteiger partial charge on any atom is 0.416 e. The van der Waals surface area contributed by atoms with Gasteiger partial charge in [-0.05, 0) is 24.3 Å². The number of nitrogens with one attached hydrogen (secondary N) is 1. The second kappa shape index (κ2) is 5.23. The summed E-state index contributed by atoms with van der Waals surface area (Å²) in [5.74, 6) is 0.327. The Bertz CT molecular complexity index is 984. The van der Waals surface area contributed by atoms with Crippen molar-refractivity contribution < 1.29 is 17.7 Å². The second-order valence-corrected chi connectivity index (χ2v) is 5.27. The average molecular weight is 329 g/mol. The molecular formula is C17H10F3N3O. The van der Waals surface area contributed by atoms with Crippen LogP contribution in [0.4, 0.5) is 13.2 Å². The Kier molecular flexibility index (Phi) is 3.16. The predicted molar refractivity (Wildman–Crippen MR) is 82.0 cm³/mol. The van der Waals surface area contributed by atoms with E-state index < -0.39 is 11.7 Å². The van der Waals surface area contributed by atoms with Gasteiger partial charge in [0.05, 0.1) is 5.56 Å². The first-order valence-electron chi connectivity index (χ1n) is 7.10. The van der Waals surface area contributed by atoms with Crippen LogP contribution in [0.2, 0.25) is 0 Å². The lowest BCUT2D eigenvalue weighted by molar-refractivity contribution is -0.137. The quantitative estimate of drug-likeness (QED) is 0.569. The first kappa shape index (κ1) is 14.5. The fraction of sp³-hybridized carbons (Fsp3) is 0.0588. The molecule has 0 bridgehead atoms. The third-order valence-electron chi connectivity index (χ3n) is 3.63. The molecule has 0 amide bonds. The molecule has 4 aromatic rings. The smallest absolute Gasteiger partial charge is 0.351 e. The highest BCUT2D eigenvalue weighted by molar-refractivity contribution is 5.84. The summed E-state index contributed by atoms with van der Waals surface area (Å²) in [7, 11) is 0. The largest absolute Gasteiger partial charge is 0.416 e. The van der Waals surface area contributed by atoms with E-state index in [4.69, 9.17) is 4.52 Å². The van der Waals surface area contributed by atoms with Gasteiger partial charge in [0.25, 0.3) is 5.89 Å². The molecule has 1 N–H and O–H groups in total. The Morgan fingerprint density at radius 1 is 0.958 bits per heavy atom. The van der Waals surface area contributed by atoms with Crippen molar-refractivity contribution in [1.82, 2.24) is 15.1 Å². The lowest BCUT2D eigenvalue weighted by Gasteiger charge is -2.06. The van der Waals surface area contributed by atoms with Crippen LogP contribution in [0.25, 0.3) is 33.9 Å². The number of nitrogens with zero attached hydrogens (tertiary/aromatic N) is 2. The van der Waals surface area contributed by atoms with Crippen molar-refractivity contribution in [2.24, 2.45) is 0 Å². The SMILES string of the molecule is FC(F)(F)c1cccc(-c2noc(-c3cc4ccccc4[nH]3)n2)c1. The molecule has 0 atom stereocenters. The highest BCUT2D eigenvalue weighted by atomic mass is 19.4. The van der Waals surface area contributed by atoms with Crippen molar-refractivity contribution in [1.29, 1.82) is 0 Å². The van der Waals surface area contributed by atoms with E-state index in [0.29, 0.717) is 5.69 Å². The van der Waals surface area contributed by atoms with Gasteiger partial charge in [0.2, 0.25) is 5.82 Å². The molecule has 0 unspecified atom stereocenters. The van der Waals surface area contributed by atoms with Gasteiger partial charge in [-0.15, -0.1) is 0 Å². The van der Waals surface area contributed by atoms with Crippen LogP contribution in [0.1, 0.15) is 5.56 Å². The molecule has 0 spiro atoms. The minimum Gasteiger partial charge on any atom is -0.351 e. The van der Waals surface area contributed by atoms with Crippen LogP contribution in [0.5, 0.6) is 0 Å². The first-order valence-corrected chi connectivity index (χ1v) is 7.10. The van der Waals surface area contributed by atoms with Crippen molar-refractivity contribution in [3.63, 3.8) is 0 Å². The normalized spacial score (nSPS) is 12.0. The van der Waals surface area contributed by atoms with Gasteiger partial charge in [0.1, 0.15) is 5.69 Å². The number of benzene rings is 2. The van der Waals surface area contributed by atoms with Gasteiger partial charge >= 0.3 is 6.18 Å². The van der Waals surface area contributed by atoms with Crippen LogP contribution < -0.4 is 0 Å². The standard InChI is InChI=1S/C17H10F3N3O/c18-17(19,20)12-6-3-5-11(8-12)15-22-16(24-23-15)14-9-10-4-1-2-7-13(10)21-14/h1-9,21H. The summed E-state index contributed by atoms with van der Waals surface area (Å²) < 4.78 is 43.6. The summed E-state index contributed by atoms with van der Waals surface area (Å²) in [6, 6.07) is 14.3. The molecule has 4 nitrogen and oxygen atoms in total. The molecule has 0 aliphatic carbocycles. The van der Waals surface area contributed by atoms with Gasteiger partial charge in [0.15, 0.2) is 0 Å². The molecular weight excluding hydrogens is 319 g/mol.